The summed E-state index contributed by atoms with van der Waals surface area (Å²) in [5.41, 5.74) is 1.43. The lowest BCUT2D eigenvalue weighted by atomic mass is 9.89. The Bertz CT molecular complexity index is 277. The van der Waals surface area contributed by atoms with Crippen LogP contribution in [-0.2, 0) is 14.4 Å². The summed E-state index contributed by atoms with van der Waals surface area (Å²) < 4.78 is 4.95. The molecule has 5 heteroatoms. The first-order chi connectivity index (χ1) is 7.88. The Balaban J connectivity index is 2.25. The van der Waals surface area contributed by atoms with Crippen LogP contribution < -0.4 is 5.48 Å². The molecule has 0 heterocycles. The summed E-state index contributed by atoms with van der Waals surface area (Å²) in [5, 5.41) is 0. The molecule has 0 spiro atoms. The lowest BCUT2D eigenvalue weighted by molar-refractivity contribution is -0.156. The second-order valence-corrected chi connectivity index (χ2v) is 5.36. The van der Waals surface area contributed by atoms with Crippen LogP contribution in [0.5, 0.6) is 0 Å². The predicted octanol–water partition coefficient (Wildman–Crippen LogP) is 2.55. The van der Waals surface area contributed by atoms with Gasteiger partial charge in [0.2, 0.25) is 0 Å². The van der Waals surface area contributed by atoms with Gasteiger partial charge in [0, 0.05) is 0 Å². The van der Waals surface area contributed by atoms with Crippen LogP contribution >= 0.6 is 0 Å². The first kappa shape index (κ1) is 13.8. The highest BCUT2D eigenvalue weighted by Crippen LogP contribution is 2.24. The van der Waals surface area contributed by atoms with Gasteiger partial charge in [-0.1, -0.05) is 19.3 Å². The van der Waals surface area contributed by atoms with E-state index < -0.39 is 11.7 Å². The van der Waals surface area contributed by atoms with Gasteiger partial charge in [0.25, 0.3) is 0 Å². The summed E-state index contributed by atoms with van der Waals surface area (Å²) in [5.74, 6) is -0.450. The lowest BCUT2D eigenvalue weighted by Crippen LogP contribution is -2.35. The smallest absolute Gasteiger partial charge is 0.441 e. The van der Waals surface area contributed by atoms with E-state index in [4.69, 9.17) is 9.57 Å². The number of hydroxylamine groups is 1. The van der Waals surface area contributed by atoms with Gasteiger partial charge in [-0.15, -0.1) is 5.48 Å². The van der Waals surface area contributed by atoms with Crippen molar-refractivity contribution >= 4 is 12.1 Å². The van der Waals surface area contributed by atoms with E-state index in [1.165, 1.54) is 6.42 Å². The molecule has 1 N–H and O–H groups in total. The van der Waals surface area contributed by atoms with Crippen LogP contribution in [0.15, 0.2) is 0 Å². The maximum Gasteiger partial charge on any atom is 0.441 e. The minimum atomic E-state index is -0.735. The molecule has 0 radical (unpaired) electrons. The zero-order chi connectivity index (χ0) is 12.9. The fourth-order valence-corrected chi connectivity index (χ4v) is 1.81. The fourth-order valence-electron chi connectivity index (χ4n) is 1.81. The highest BCUT2D eigenvalue weighted by Gasteiger charge is 2.24. The molecule has 0 aromatic rings. The maximum atomic E-state index is 11.6. The molecule has 1 aliphatic carbocycles. The Hall–Kier alpha value is -1.26. The lowest BCUT2D eigenvalue weighted by Gasteiger charge is -2.21. The van der Waals surface area contributed by atoms with E-state index >= 15 is 0 Å². The zero-order valence-corrected chi connectivity index (χ0v) is 10.7. The first-order valence-electron chi connectivity index (χ1n) is 6.08. The molecule has 0 aliphatic heterocycles. The van der Waals surface area contributed by atoms with Crippen LogP contribution in [0.2, 0.25) is 0 Å². The molecule has 1 aliphatic rings. The Labute approximate surface area is 102 Å². The minimum Gasteiger partial charge on any atom is -0.442 e. The van der Waals surface area contributed by atoms with E-state index in [9.17, 15) is 9.59 Å². The Morgan fingerprint density at radius 3 is 2.24 bits per heavy atom. The van der Waals surface area contributed by atoms with Crippen molar-refractivity contribution in [3.8, 4) is 0 Å². The van der Waals surface area contributed by atoms with Crippen LogP contribution in [0.1, 0.15) is 52.9 Å². The normalized spacial score (nSPS) is 17.4. The van der Waals surface area contributed by atoms with Crippen LogP contribution in [0.3, 0.4) is 0 Å². The van der Waals surface area contributed by atoms with Gasteiger partial charge in [-0.3, -0.25) is 0 Å². The number of amides is 1. The summed E-state index contributed by atoms with van der Waals surface area (Å²) in [6.07, 6.45) is 4.22. The highest BCUT2D eigenvalue weighted by molar-refractivity contribution is 5.75. The number of carbonyl (C=O) groups excluding carboxylic acids is 2. The molecule has 1 amide bonds. The van der Waals surface area contributed by atoms with Gasteiger partial charge < -0.3 is 9.57 Å². The third-order valence-corrected chi connectivity index (χ3v) is 2.57. The van der Waals surface area contributed by atoms with E-state index in [1.54, 1.807) is 20.8 Å². The van der Waals surface area contributed by atoms with Gasteiger partial charge in [-0.05, 0) is 33.6 Å². The van der Waals surface area contributed by atoms with E-state index in [2.05, 4.69) is 0 Å². The monoisotopic (exact) mass is 243 g/mol. The predicted molar refractivity (Wildman–Crippen MR) is 62.0 cm³/mol. The summed E-state index contributed by atoms with van der Waals surface area (Å²) in [4.78, 5) is 27.5. The molecule has 0 saturated heterocycles. The molecule has 0 bridgehead atoms. The van der Waals surface area contributed by atoms with Crippen LogP contribution in [-0.4, -0.2) is 17.7 Å². The summed E-state index contributed by atoms with van der Waals surface area (Å²) in [6.45, 7) is 5.24. The van der Waals surface area contributed by atoms with E-state index in [0.717, 1.165) is 25.7 Å². The van der Waals surface area contributed by atoms with Gasteiger partial charge >= 0.3 is 12.1 Å². The number of hydrogen-bond acceptors (Lipinski definition) is 4. The number of ether oxygens (including phenoxy) is 1. The van der Waals surface area contributed by atoms with Crippen LogP contribution in [0, 0.1) is 5.92 Å². The molecule has 98 valence electrons. The van der Waals surface area contributed by atoms with Crippen LogP contribution in [0.25, 0.3) is 0 Å². The quantitative estimate of drug-likeness (QED) is 0.719. The molecule has 0 unspecified atom stereocenters. The van der Waals surface area contributed by atoms with Crippen molar-refractivity contribution in [1.82, 2.24) is 5.48 Å². The second-order valence-electron chi connectivity index (χ2n) is 5.36. The Kier molecular flexibility index (Phi) is 4.78. The molecule has 1 rings (SSSR count). The van der Waals surface area contributed by atoms with Gasteiger partial charge in [-0.2, -0.15) is 0 Å². The SMILES string of the molecule is CC(C)(C)OC(=O)NOC(=O)C1CCCCC1. The highest BCUT2D eigenvalue weighted by atomic mass is 16.7. The zero-order valence-electron chi connectivity index (χ0n) is 10.7. The van der Waals surface area contributed by atoms with Gasteiger partial charge in [0.1, 0.15) is 5.60 Å². The molecular weight excluding hydrogens is 222 g/mol. The molecular formula is C12H21NO4. The molecule has 0 aromatic heterocycles. The number of rotatable bonds is 1. The van der Waals surface area contributed by atoms with E-state index in [1.807, 2.05) is 5.48 Å². The minimum absolute atomic E-state index is 0.0845. The van der Waals surface area contributed by atoms with Crippen molar-refractivity contribution in [1.29, 1.82) is 0 Å². The Morgan fingerprint density at radius 1 is 1.12 bits per heavy atom. The molecule has 5 nitrogen and oxygen atoms in total. The second kappa shape index (κ2) is 5.89. The first-order valence-corrected chi connectivity index (χ1v) is 6.08. The van der Waals surface area contributed by atoms with E-state index in [0.29, 0.717) is 0 Å². The van der Waals surface area contributed by atoms with Crippen LogP contribution in [0.4, 0.5) is 4.79 Å². The molecule has 17 heavy (non-hydrogen) atoms. The Morgan fingerprint density at radius 2 is 1.71 bits per heavy atom. The molecule has 0 aromatic carbocycles. The summed E-state index contributed by atoms with van der Waals surface area (Å²) in [6, 6.07) is 0. The van der Waals surface area contributed by atoms with Crippen molar-refractivity contribution < 1.29 is 19.2 Å². The fraction of sp³-hybridized carbons (Fsp3) is 0.833. The van der Waals surface area contributed by atoms with Crippen molar-refractivity contribution in [3.63, 3.8) is 0 Å². The van der Waals surface area contributed by atoms with Gasteiger partial charge in [0.15, 0.2) is 0 Å². The average molecular weight is 243 g/mol. The van der Waals surface area contributed by atoms with Crippen molar-refractivity contribution in [2.24, 2.45) is 5.92 Å². The molecule has 1 fully saturated rings. The van der Waals surface area contributed by atoms with E-state index in [-0.39, 0.29) is 11.9 Å². The third kappa shape index (κ3) is 5.56. The summed E-state index contributed by atoms with van der Waals surface area (Å²) in [7, 11) is 0. The molecule has 0 atom stereocenters. The van der Waals surface area contributed by atoms with Gasteiger partial charge in [-0.25, -0.2) is 9.59 Å². The van der Waals surface area contributed by atoms with Crippen molar-refractivity contribution in [2.45, 2.75) is 58.5 Å². The topological polar surface area (TPSA) is 64.6 Å². The van der Waals surface area contributed by atoms with Gasteiger partial charge in [0.05, 0.1) is 5.92 Å². The standard InChI is InChI=1S/C12H21NO4/c1-12(2,3)16-11(15)13-17-10(14)9-7-5-4-6-8-9/h9H,4-8H2,1-3H3,(H,13,15). The number of nitrogens with one attached hydrogen (secondary N) is 1. The largest absolute Gasteiger partial charge is 0.442 e. The number of carbonyl (C=O) groups is 2. The summed E-state index contributed by atoms with van der Waals surface area (Å²) >= 11 is 0. The third-order valence-electron chi connectivity index (χ3n) is 2.57. The van der Waals surface area contributed by atoms with Crippen molar-refractivity contribution in [2.75, 3.05) is 0 Å². The van der Waals surface area contributed by atoms with Crippen molar-refractivity contribution in [3.05, 3.63) is 0 Å². The average Bonchev–Trinajstić information content (AvgIpc) is 2.25. The number of hydrogen-bond donors (Lipinski definition) is 1. The maximum absolute atomic E-state index is 11.6. The molecule has 1 saturated carbocycles.